The van der Waals surface area contributed by atoms with E-state index >= 15 is 0 Å². The topological polar surface area (TPSA) is 47.6 Å². The molecule has 0 radical (unpaired) electrons. The van der Waals surface area contributed by atoms with Crippen LogP contribution in [-0.2, 0) is 4.79 Å². The minimum Gasteiger partial charge on any atom is -0.494 e. The Bertz CT molecular complexity index is 701. The Kier molecular flexibility index (Phi) is 7.93. The highest BCUT2D eigenvalue weighted by atomic mass is 19.1. The van der Waals surface area contributed by atoms with Gasteiger partial charge in [0.25, 0.3) is 0 Å². The zero-order valence-corrected chi connectivity index (χ0v) is 15.4. The van der Waals surface area contributed by atoms with E-state index in [9.17, 15) is 9.18 Å². The lowest BCUT2D eigenvalue weighted by atomic mass is 10.1. The van der Waals surface area contributed by atoms with E-state index in [1.54, 1.807) is 12.1 Å². The van der Waals surface area contributed by atoms with Crippen LogP contribution in [0.4, 0.5) is 4.39 Å². The van der Waals surface area contributed by atoms with Crippen molar-refractivity contribution in [1.29, 1.82) is 0 Å². The lowest BCUT2D eigenvalue weighted by Crippen LogP contribution is -2.26. The first kappa shape index (κ1) is 19.8. The highest BCUT2D eigenvalue weighted by Gasteiger charge is 2.04. The van der Waals surface area contributed by atoms with Gasteiger partial charge in [-0.25, -0.2) is 4.39 Å². The van der Waals surface area contributed by atoms with Crippen LogP contribution in [0, 0.1) is 19.7 Å². The summed E-state index contributed by atoms with van der Waals surface area (Å²) < 4.78 is 24.0. The molecule has 4 nitrogen and oxygen atoms in total. The molecule has 0 aromatic heterocycles. The molecule has 2 aromatic carbocycles. The lowest BCUT2D eigenvalue weighted by Gasteiger charge is -2.10. The van der Waals surface area contributed by atoms with Crippen LogP contribution in [0.25, 0.3) is 0 Å². The van der Waals surface area contributed by atoms with E-state index in [1.165, 1.54) is 12.1 Å². The molecule has 26 heavy (non-hydrogen) atoms. The van der Waals surface area contributed by atoms with Gasteiger partial charge in [-0.3, -0.25) is 4.79 Å². The molecule has 0 aliphatic carbocycles. The van der Waals surface area contributed by atoms with Gasteiger partial charge in [0.15, 0.2) is 0 Å². The highest BCUT2D eigenvalue weighted by Crippen LogP contribution is 2.19. The third-order valence-electron chi connectivity index (χ3n) is 3.91. The van der Waals surface area contributed by atoms with E-state index in [0.717, 1.165) is 29.7 Å². The Hall–Kier alpha value is -2.56. The molecule has 2 rings (SSSR count). The SMILES string of the molecule is Cc1ccc(C)c(OCCC(=O)NCCCCOc2ccc(F)cc2)c1. The summed E-state index contributed by atoms with van der Waals surface area (Å²) in [6.45, 7) is 5.51. The first-order valence-corrected chi connectivity index (χ1v) is 8.90. The van der Waals surface area contributed by atoms with Crippen molar-refractivity contribution >= 4 is 5.91 Å². The van der Waals surface area contributed by atoms with Crippen molar-refractivity contribution in [2.24, 2.45) is 0 Å². The van der Waals surface area contributed by atoms with Crippen molar-refractivity contribution in [3.05, 3.63) is 59.4 Å². The number of aryl methyl sites for hydroxylation is 2. The highest BCUT2D eigenvalue weighted by molar-refractivity contribution is 5.75. The largest absolute Gasteiger partial charge is 0.494 e. The molecule has 0 bridgehead atoms. The fraction of sp³-hybridized carbons (Fsp3) is 0.381. The molecule has 0 saturated carbocycles. The van der Waals surface area contributed by atoms with E-state index < -0.39 is 0 Å². The number of halogens is 1. The van der Waals surface area contributed by atoms with E-state index in [4.69, 9.17) is 9.47 Å². The number of carbonyl (C=O) groups excluding carboxylic acids is 1. The molecule has 0 spiro atoms. The van der Waals surface area contributed by atoms with E-state index in [0.29, 0.717) is 31.9 Å². The average Bonchev–Trinajstić information content (AvgIpc) is 2.62. The predicted molar refractivity (Wildman–Crippen MR) is 100 cm³/mol. The molecule has 1 N–H and O–H groups in total. The quantitative estimate of drug-likeness (QED) is 0.647. The average molecular weight is 359 g/mol. The van der Waals surface area contributed by atoms with Crippen LogP contribution in [-0.4, -0.2) is 25.7 Å². The predicted octanol–water partition coefficient (Wildman–Crippen LogP) is 4.19. The number of carbonyl (C=O) groups is 1. The van der Waals surface area contributed by atoms with Crippen LogP contribution in [0.2, 0.25) is 0 Å². The monoisotopic (exact) mass is 359 g/mol. The minimum absolute atomic E-state index is 0.0187. The molecular weight excluding hydrogens is 333 g/mol. The van der Waals surface area contributed by atoms with Crippen molar-refractivity contribution in [3.8, 4) is 11.5 Å². The number of unbranched alkanes of at least 4 members (excludes halogenated alkanes) is 1. The standard InChI is InChI=1S/C21H26FNO3/c1-16-5-6-17(2)20(15-16)26-14-11-21(24)23-12-3-4-13-25-19-9-7-18(22)8-10-19/h5-10,15H,3-4,11-14H2,1-2H3,(H,23,24). The van der Waals surface area contributed by atoms with Gasteiger partial charge in [-0.05, 0) is 68.1 Å². The summed E-state index contributed by atoms with van der Waals surface area (Å²) in [5.41, 5.74) is 2.20. The van der Waals surface area contributed by atoms with Crippen LogP contribution >= 0.6 is 0 Å². The van der Waals surface area contributed by atoms with Gasteiger partial charge in [-0.15, -0.1) is 0 Å². The van der Waals surface area contributed by atoms with Crippen molar-refractivity contribution in [2.75, 3.05) is 19.8 Å². The first-order chi connectivity index (χ1) is 12.5. The Morgan fingerprint density at radius 3 is 2.54 bits per heavy atom. The molecular formula is C21H26FNO3. The summed E-state index contributed by atoms with van der Waals surface area (Å²) in [6.07, 6.45) is 1.97. The Morgan fingerprint density at radius 2 is 1.77 bits per heavy atom. The fourth-order valence-corrected chi connectivity index (χ4v) is 2.38. The molecule has 0 saturated heterocycles. The van der Waals surface area contributed by atoms with Crippen LogP contribution < -0.4 is 14.8 Å². The Morgan fingerprint density at radius 1 is 1.00 bits per heavy atom. The van der Waals surface area contributed by atoms with Gasteiger partial charge < -0.3 is 14.8 Å². The number of hydrogen-bond donors (Lipinski definition) is 1. The molecule has 5 heteroatoms. The van der Waals surface area contributed by atoms with Crippen LogP contribution in [0.5, 0.6) is 11.5 Å². The Balaban J connectivity index is 1.52. The fourth-order valence-electron chi connectivity index (χ4n) is 2.38. The smallest absolute Gasteiger partial charge is 0.223 e. The molecule has 0 aliphatic rings. The molecule has 0 aliphatic heterocycles. The first-order valence-electron chi connectivity index (χ1n) is 8.90. The maximum absolute atomic E-state index is 12.8. The minimum atomic E-state index is -0.276. The van der Waals surface area contributed by atoms with Crippen LogP contribution in [0.3, 0.4) is 0 Å². The summed E-state index contributed by atoms with van der Waals surface area (Å²) in [6, 6.07) is 12.0. The summed E-state index contributed by atoms with van der Waals surface area (Å²) in [7, 11) is 0. The molecule has 0 fully saturated rings. The summed E-state index contributed by atoms with van der Waals surface area (Å²) in [5.74, 6) is 1.19. The van der Waals surface area contributed by atoms with E-state index in [2.05, 4.69) is 5.32 Å². The van der Waals surface area contributed by atoms with E-state index in [-0.39, 0.29) is 11.7 Å². The number of amides is 1. The summed E-state index contributed by atoms with van der Waals surface area (Å²) >= 11 is 0. The van der Waals surface area contributed by atoms with Crippen LogP contribution in [0.1, 0.15) is 30.4 Å². The summed E-state index contributed by atoms with van der Waals surface area (Å²) in [5, 5.41) is 2.88. The van der Waals surface area contributed by atoms with Crippen molar-refractivity contribution in [1.82, 2.24) is 5.32 Å². The molecule has 140 valence electrons. The molecule has 2 aromatic rings. The second-order valence-electron chi connectivity index (χ2n) is 6.23. The Labute approximate surface area is 154 Å². The van der Waals surface area contributed by atoms with Gasteiger partial charge in [0.2, 0.25) is 5.91 Å². The van der Waals surface area contributed by atoms with Gasteiger partial charge in [-0.2, -0.15) is 0 Å². The van der Waals surface area contributed by atoms with Gasteiger partial charge in [-0.1, -0.05) is 12.1 Å². The van der Waals surface area contributed by atoms with Gasteiger partial charge in [0, 0.05) is 6.54 Å². The van der Waals surface area contributed by atoms with Crippen molar-refractivity contribution < 1.29 is 18.7 Å². The molecule has 0 heterocycles. The third kappa shape index (κ3) is 7.13. The van der Waals surface area contributed by atoms with E-state index in [1.807, 2.05) is 32.0 Å². The zero-order valence-electron chi connectivity index (χ0n) is 15.4. The number of nitrogens with one attached hydrogen (secondary N) is 1. The lowest BCUT2D eigenvalue weighted by molar-refractivity contribution is -0.121. The van der Waals surface area contributed by atoms with Gasteiger partial charge in [0.05, 0.1) is 19.6 Å². The number of hydrogen-bond acceptors (Lipinski definition) is 3. The number of benzene rings is 2. The van der Waals surface area contributed by atoms with Crippen molar-refractivity contribution in [2.45, 2.75) is 33.1 Å². The number of ether oxygens (including phenoxy) is 2. The van der Waals surface area contributed by atoms with Crippen LogP contribution in [0.15, 0.2) is 42.5 Å². The maximum atomic E-state index is 12.8. The molecule has 1 amide bonds. The second-order valence-corrected chi connectivity index (χ2v) is 6.23. The molecule has 0 unspecified atom stereocenters. The van der Waals surface area contributed by atoms with Gasteiger partial charge in [0.1, 0.15) is 17.3 Å². The maximum Gasteiger partial charge on any atom is 0.223 e. The second kappa shape index (κ2) is 10.4. The zero-order chi connectivity index (χ0) is 18.8. The molecule has 0 atom stereocenters. The van der Waals surface area contributed by atoms with Gasteiger partial charge >= 0.3 is 0 Å². The third-order valence-corrected chi connectivity index (χ3v) is 3.91. The number of rotatable bonds is 10. The summed E-state index contributed by atoms with van der Waals surface area (Å²) in [4.78, 5) is 11.8. The normalized spacial score (nSPS) is 10.4. The van der Waals surface area contributed by atoms with Crippen molar-refractivity contribution in [3.63, 3.8) is 0 Å².